The average Bonchev–Trinajstić information content (AvgIpc) is 3.07. The number of carbonyl (C=O) groups is 2. The van der Waals surface area contributed by atoms with Crippen LogP contribution in [0.2, 0.25) is 0 Å². The van der Waals surface area contributed by atoms with Gasteiger partial charge in [-0.25, -0.2) is 0 Å². The molecule has 0 aliphatic rings. The highest BCUT2D eigenvalue weighted by Gasteiger charge is 2.14. The summed E-state index contributed by atoms with van der Waals surface area (Å²) in [6, 6.07) is 12.5. The molecule has 0 saturated carbocycles. The molecule has 28 heavy (non-hydrogen) atoms. The number of amides is 1. The number of aryl methyl sites for hydroxylation is 1. The Balaban J connectivity index is 2.10. The van der Waals surface area contributed by atoms with Crippen molar-refractivity contribution in [2.24, 2.45) is 4.99 Å². The van der Waals surface area contributed by atoms with Crippen LogP contribution in [0.1, 0.15) is 16.8 Å². The van der Waals surface area contributed by atoms with Crippen molar-refractivity contribution in [3.8, 4) is 11.5 Å². The standard InChI is InChI=1S/C20H20N2O5S/c1-25-13-8-9-15-17(12-13)28-20(22(15)11-10-18(23)27-3)21-19(24)14-6-4-5-7-16(14)26-2/h4-9,12H,10-11H2,1-3H3. The maximum Gasteiger partial charge on any atom is 0.307 e. The van der Waals surface area contributed by atoms with E-state index in [0.29, 0.717) is 28.4 Å². The van der Waals surface area contributed by atoms with Crippen molar-refractivity contribution in [1.82, 2.24) is 4.57 Å². The van der Waals surface area contributed by atoms with E-state index in [9.17, 15) is 9.59 Å². The van der Waals surface area contributed by atoms with Crippen LogP contribution in [0.5, 0.6) is 11.5 Å². The van der Waals surface area contributed by atoms with Crippen LogP contribution in [-0.4, -0.2) is 37.8 Å². The molecule has 0 unspecified atom stereocenters. The molecule has 0 saturated heterocycles. The number of para-hydroxylation sites is 1. The van der Waals surface area contributed by atoms with Gasteiger partial charge < -0.3 is 18.8 Å². The zero-order valence-electron chi connectivity index (χ0n) is 15.8. The number of fused-ring (bicyclic) bond motifs is 1. The van der Waals surface area contributed by atoms with Gasteiger partial charge in [0.05, 0.1) is 43.5 Å². The summed E-state index contributed by atoms with van der Waals surface area (Å²) in [6.07, 6.45) is 0.171. The lowest BCUT2D eigenvalue weighted by molar-refractivity contribution is -0.140. The van der Waals surface area contributed by atoms with E-state index in [1.165, 1.54) is 25.6 Å². The van der Waals surface area contributed by atoms with Gasteiger partial charge in [0.1, 0.15) is 11.5 Å². The van der Waals surface area contributed by atoms with Gasteiger partial charge >= 0.3 is 5.97 Å². The molecule has 7 nitrogen and oxygen atoms in total. The molecule has 0 N–H and O–H groups in total. The number of hydrogen-bond acceptors (Lipinski definition) is 6. The van der Waals surface area contributed by atoms with E-state index < -0.39 is 5.91 Å². The minimum absolute atomic E-state index is 0.171. The average molecular weight is 400 g/mol. The van der Waals surface area contributed by atoms with Crippen LogP contribution in [0.15, 0.2) is 47.5 Å². The number of nitrogens with zero attached hydrogens (tertiary/aromatic N) is 2. The lowest BCUT2D eigenvalue weighted by Crippen LogP contribution is -2.19. The van der Waals surface area contributed by atoms with Gasteiger partial charge in [0.25, 0.3) is 5.91 Å². The van der Waals surface area contributed by atoms with Crippen molar-refractivity contribution in [1.29, 1.82) is 0 Å². The molecule has 0 aliphatic carbocycles. The van der Waals surface area contributed by atoms with Gasteiger partial charge in [0.15, 0.2) is 4.80 Å². The van der Waals surface area contributed by atoms with Gasteiger partial charge in [-0.05, 0) is 30.3 Å². The fourth-order valence-electron chi connectivity index (χ4n) is 2.76. The van der Waals surface area contributed by atoms with Crippen molar-refractivity contribution >= 4 is 33.4 Å². The second-order valence-corrected chi connectivity index (χ2v) is 6.82. The third kappa shape index (κ3) is 4.07. The summed E-state index contributed by atoms with van der Waals surface area (Å²) in [7, 11) is 4.45. The van der Waals surface area contributed by atoms with Crippen LogP contribution in [-0.2, 0) is 16.1 Å². The zero-order chi connectivity index (χ0) is 20.1. The molecule has 0 atom stereocenters. The summed E-state index contributed by atoms with van der Waals surface area (Å²) in [6.45, 7) is 0.344. The number of thiazole rings is 1. The van der Waals surface area contributed by atoms with E-state index >= 15 is 0 Å². The molecular formula is C20H20N2O5S. The van der Waals surface area contributed by atoms with Crippen molar-refractivity contribution in [2.75, 3.05) is 21.3 Å². The lowest BCUT2D eigenvalue weighted by Gasteiger charge is -2.06. The quantitative estimate of drug-likeness (QED) is 0.594. The van der Waals surface area contributed by atoms with Crippen LogP contribution in [0.4, 0.5) is 0 Å². The van der Waals surface area contributed by atoms with Crippen LogP contribution in [0.3, 0.4) is 0 Å². The summed E-state index contributed by atoms with van der Waals surface area (Å²) in [5.74, 6) is 0.418. The highest BCUT2D eigenvalue weighted by atomic mass is 32.1. The van der Waals surface area contributed by atoms with Gasteiger partial charge in [-0.3, -0.25) is 9.59 Å². The van der Waals surface area contributed by atoms with Crippen molar-refractivity contribution in [3.63, 3.8) is 0 Å². The Morgan fingerprint density at radius 2 is 1.86 bits per heavy atom. The second kappa shape index (κ2) is 8.71. The van der Waals surface area contributed by atoms with Gasteiger partial charge in [0.2, 0.25) is 0 Å². The van der Waals surface area contributed by atoms with E-state index in [2.05, 4.69) is 4.99 Å². The van der Waals surface area contributed by atoms with E-state index in [4.69, 9.17) is 14.2 Å². The van der Waals surface area contributed by atoms with E-state index in [1.807, 2.05) is 22.8 Å². The number of methoxy groups -OCH3 is 3. The first-order valence-electron chi connectivity index (χ1n) is 8.53. The van der Waals surface area contributed by atoms with Crippen molar-refractivity contribution in [3.05, 3.63) is 52.8 Å². The maximum atomic E-state index is 12.8. The smallest absolute Gasteiger partial charge is 0.307 e. The van der Waals surface area contributed by atoms with Gasteiger partial charge in [-0.2, -0.15) is 4.99 Å². The highest BCUT2D eigenvalue weighted by molar-refractivity contribution is 7.16. The van der Waals surface area contributed by atoms with Crippen LogP contribution in [0, 0.1) is 0 Å². The Kier molecular flexibility index (Phi) is 6.10. The normalized spacial score (nSPS) is 11.5. The number of carbonyl (C=O) groups excluding carboxylic acids is 2. The van der Waals surface area contributed by atoms with Gasteiger partial charge in [0, 0.05) is 6.54 Å². The Morgan fingerprint density at radius 1 is 1.07 bits per heavy atom. The molecule has 3 aromatic rings. The molecular weight excluding hydrogens is 380 g/mol. The predicted octanol–water partition coefficient (Wildman–Crippen LogP) is 3.02. The topological polar surface area (TPSA) is 79.1 Å². The summed E-state index contributed by atoms with van der Waals surface area (Å²) in [4.78, 5) is 29.2. The number of esters is 1. The molecule has 146 valence electrons. The van der Waals surface area contributed by atoms with E-state index in [0.717, 1.165) is 10.2 Å². The van der Waals surface area contributed by atoms with Crippen molar-refractivity contribution in [2.45, 2.75) is 13.0 Å². The van der Waals surface area contributed by atoms with Gasteiger partial charge in [-0.15, -0.1) is 0 Å². The molecule has 8 heteroatoms. The predicted molar refractivity (Wildman–Crippen MR) is 106 cm³/mol. The van der Waals surface area contributed by atoms with Crippen molar-refractivity contribution < 1.29 is 23.8 Å². The van der Waals surface area contributed by atoms with E-state index in [-0.39, 0.29) is 12.4 Å². The molecule has 1 amide bonds. The summed E-state index contributed by atoms with van der Waals surface area (Å²) in [5, 5.41) is 0. The molecule has 3 rings (SSSR count). The number of benzene rings is 2. The number of ether oxygens (including phenoxy) is 3. The number of rotatable bonds is 6. The Labute approximate surface area is 165 Å². The maximum absolute atomic E-state index is 12.8. The molecule has 0 bridgehead atoms. The van der Waals surface area contributed by atoms with Crippen LogP contribution >= 0.6 is 11.3 Å². The van der Waals surface area contributed by atoms with E-state index in [1.54, 1.807) is 31.4 Å². The minimum atomic E-state index is -0.414. The summed E-state index contributed by atoms with van der Waals surface area (Å²) >= 11 is 1.35. The first-order valence-corrected chi connectivity index (χ1v) is 9.35. The first kappa shape index (κ1) is 19.6. The van der Waals surface area contributed by atoms with Gasteiger partial charge in [-0.1, -0.05) is 23.5 Å². The summed E-state index contributed by atoms with van der Waals surface area (Å²) < 4.78 is 18.0. The largest absolute Gasteiger partial charge is 0.497 e. The minimum Gasteiger partial charge on any atom is -0.497 e. The first-order chi connectivity index (χ1) is 13.6. The number of hydrogen-bond donors (Lipinski definition) is 0. The molecule has 0 aliphatic heterocycles. The lowest BCUT2D eigenvalue weighted by atomic mass is 10.2. The highest BCUT2D eigenvalue weighted by Crippen LogP contribution is 2.24. The fraction of sp³-hybridized carbons (Fsp3) is 0.250. The monoisotopic (exact) mass is 400 g/mol. The Morgan fingerprint density at radius 3 is 2.57 bits per heavy atom. The molecule has 1 aromatic heterocycles. The molecule has 2 aromatic carbocycles. The third-order valence-electron chi connectivity index (χ3n) is 4.19. The molecule has 0 spiro atoms. The number of aromatic nitrogens is 1. The second-order valence-electron chi connectivity index (χ2n) is 5.81. The molecule has 0 fully saturated rings. The Bertz CT molecular complexity index is 1080. The fourth-order valence-corrected chi connectivity index (χ4v) is 3.84. The SMILES string of the molecule is COC(=O)CCn1c(=NC(=O)c2ccccc2OC)sc2cc(OC)ccc21. The van der Waals surface area contributed by atoms with Crippen LogP contribution in [0.25, 0.3) is 10.2 Å². The summed E-state index contributed by atoms with van der Waals surface area (Å²) in [5.41, 5.74) is 1.24. The third-order valence-corrected chi connectivity index (χ3v) is 5.23. The Hall–Kier alpha value is -3.13. The van der Waals surface area contributed by atoms with Crippen LogP contribution < -0.4 is 14.3 Å². The molecule has 0 radical (unpaired) electrons. The zero-order valence-corrected chi connectivity index (χ0v) is 16.6. The molecule has 1 heterocycles.